The van der Waals surface area contributed by atoms with E-state index in [1.165, 1.54) is 5.56 Å². The van der Waals surface area contributed by atoms with Crippen molar-refractivity contribution in [1.82, 2.24) is 19.6 Å². The van der Waals surface area contributed by atoms with E-state index in [0.29, 0.717) is 19.6 Å². The van der Waals surface area contributed by atoms with Crippen molar-refractivity contribution in [3.05, 3.63) is 82.1 Å². The Labute approximate surface area is 219 Å². The molecule has 0 spiro atoms. The minimum Gasteiger partial charge on any atom is -0.493 e. The summed E-state index contributed by atoms with van der Waals surface area (Å²) in [6.07, 6.45) is 4.52. The van der Waals surface area contributed by atoms with Crippen LogP contribution in [0.4, 0.5) is 0 Å². The normalized spacial score (nSPS) is 18.2. The second kappa shape index (κ2) is 11.5. The predicted octanol–water partition coefficient (Wildman–Crippen LogP) is 5.40. The second-order valence-corrected chi connectivity index (χ2v) is 10.7. The molecule has 0 aliphatic carbocycles. The average molecular weight is 509 g/mol. The lowest BCUT2D eigenvalue weighted by Gasteiger charge is -2.43. The Morgan fingerprint density at radius 1 is 1.19 bits per heavy atom. The van der Waals surface area contributed by atoms with Crippen LogP contribution in [0.25, 0.3) is 0 Å². The van der Waals surface area contributed by atoms with Gasteiger partial charge in [-0.15, -0.1) is 0 Å². The average Bonchev–Trinajstić information content (AvgIpc) is 3.17. The van der Waals surface area contributed by atoms with Gasteiger partial charge in [0.1, 0.15) is 5.75 Å². The smallest absolute Gasteiger partial charge is 0.223 e. The van der Waals surface area contributed by atoms with Crippen molar-refractivity contribution >= 4 is 17.5 Å². The van der Waals surface area contributed by atoms with Crippen LogP contribution in [0.15, 0.2) is 54.7 Å². The predicted molar refractivity (Wildman–Crippen MR) is 144 cm³/mol. The minimum atomic E-state index is -0.274. The number of carbonyl (C=O) groups excluding carboxylic acids is 1. The molecule has 1 unspecified atom stereocenters. The van der Waals surface area contributed by atoms with Crippen LogP contribution >= 0.6 is 11.6 Å². The lowest BCUT2D eigenvalue weighted by molar-refractivity contribution is -0.135. The number of hydrogen-bond acceptors (Lipinski definition) is 4. The fraction of sp³-hybridized carbons (Fsp3) is 0.448. The number of benzene rings is 2. The molecule has 0 bridgehead atoms. The van der Waals surface area contributed by atoms with Crippen molar-refractivity contribution in [3.63, 3.8) is 0 Å². The van der Waals surface area contributed by atoms with Crippen molar-refractivity contribution < 1.29 is 9.53 Å². The Balaban J connectivity index is 1.51. The van der Waals surface area contributed by atoms with E-state index < -0.39 is 0 Å². The molecule has 7 heteroatoms. The van der Waals surface area contributed by atoms with E-state index in [-0.39, 0.29) is 11.3 Å². The lowest BCUT2D eigenvalue weighted by atomic mass is 9.77. The van der Waals surface area contributed by atoms with Crippen LogP contribution in [-0.4, -0.2) is 52.2 Å². The third-order valence-electron chi connectivity index (χ3n) is 7.14. The summed E-state index contributed by atoms with van der Waals surface area (Å²) in [4.78, 5) is 17.8. The number of likely N-dealkylation sites (tertiary alicyclic amines) is 1. The number of piperidine rings is 1. The molecule has 2 aromatic carbocycles. The lowest BCUT2D eigenvalue weighted by Crippen LogP contribution is -2.48. The summed E-state index contributed by atoms with van der Waals surface area (Å²) in [5, 5.41) is 5.24. The first-order chi connectivity index (χ1) is 17.2. The van der Waals surface area contributed by atoms with Crippen molar-refractivity contribution in [3.8, 4) is 5.75 Å². The molecule has 4 rings (SSSR count). The summed E-state index contributed by atoms with van der Waals surface area (Å²) < 4.78 is 8.21. The van der Waals surface area contributed by atoms with Gasteiger partial charge in [0.05, 0.1) is 12.3 Å². The van der Waals surface area contributed by atoms with Crippen LogP contribution in [0.2, 0.25) is 5.02 Å². The molecule has 1 aliphatic rings. The zero-order valence-electron chi connectivity index (χ0n) is 21.8. The SMILES string of the molecule is Cc1cc(OCC2(CC(=O)N(C)Cc3ccccc3)CCCN(Cc3cn(C)nc3C)C2)ccc1Cl. The Bertz CT molecular complexity index is 1180. The molecule has 192 valence electrons. The van der Waals surface area contributed by atoms with Gasteiger partial charge in [0.25, 0.3) is 0 Å². The molecule has 1 atom stereocenters. The molecule has 1 fully saturated rings. The van der Waals surface area contributed by atoms with Crippen molar-refractivity contribution in [2.24, 2.45) is 12.5 Å². The molecular weight excluding hydrogens is 472 g/mol. The van der Waals surface area contributed by atoms with Crippen LogP contribution in [0.3, 0.4) is 0 Å². The molecule has 1 amide bonds. The number of ether oxygens (including phenoxy) is 1. The first-order valence-electron chi connectivity index (χ1n) is 12.6. The highest BCUT2D eigenvalue weighted by Gasteiger charge is 2.39. The monoisotopic (exact) mass is 508 g/mol. The molecule has 3 aromatic rings. The molecule has 6 nitrogen and oxygen atoms in total. The third kappa shape index (κ3) is 6.68. The van der Waals surface area contributed by atoms with Crippen LogP contribution in [-0.2, 0) is 24.9 Å². The maximum Gasteiger partial charge on any atom is 0.223 e. The molecule has 1 aromatic heterocycles. The minimum absolute atomic E-state index is 0.147. The van der Waals surface area contributed by atoms with E-state index in [9.17, 15) is 4.79 Å². The molecule has 2 heterocycles. The van der Waals surface area contributed by atoms with Gasteiger partial charge in [-0.2, -0.15) is 5.10 Å². The van der Waals surface area contributed by atoms with Gasteiger partial charge in [-0.3, -0.25) is 14.4 Å². The summed E-state index contributed by atoms with van der Waals surface area (Å²) in [5.74, 6) is 0.940. The molecule has 36 heavy (non-hydrogen) atoms. The number of rotatable bonds is 9. The third-order valence-corrected chi connectivity index (χ3v) is 7.56. The van der Waals surface area contributed by atoms with Crippen LogP contribution in [0, 0.1) is 19.3 Å². The van der Waals surface area contributed by atoms with Crippen molar-refractivity contribution in [2.75, 3.05) is 26.7 Å². The highest BCUT2D eigenvalue weighted by molar-refractivity contribution is 6.31. The van der Waals surface area contributed by atoms with Gasteiger partial charge < -0.3 is 9.64 Å². The van der Waals surface area contributed by atoms with Gasteiger partial charge in [0, 0.05) is 62.3 Å². The van der Waals surface area contributed by atoms with Crippen molar-refractivity contribution in [2.45, 2.75) is 46.2 Å². The zero-order chi connectivity index (χ0) is 25.7. The molecule has 0 saturated carbocycles. The Hall–Kier alpha value is -2.83. The zero-order valence-corrected chi connectivity index (χ0v) is 22.6. The van der Waals surface area contributed by atoms with E-state index in [4.69, 9.17) is 16.3 Å². The fourth-order valence-corrected chi connectivity index (χ4v) is 5.27. The maximum atomic E-state index is 13.5. The number of aryl methyl sites for hydroxylation is 3. The molecule has 0 radical (unpaired) electrons. The summed E-state index contributed by atoms with van der Waals surface area (Å²) in [5.41, 5.74) is 4.13. The second-order valence-electron chi connectivity index (χ2n) is 10.3. The standard InChI is InChI=1S/C29H37ClN4O2/c1-22-15-26(11-12-27(22)30)36-21-29(16-28(35)32(3)17-24-9-6-5-7-10-24)13-8-14-34(20-29)19-25-18-33(4)31-23(25)2/h5-7,9-12,15,18H,8,13-14,16-17,19-21H2,1-4H3. The Kier molecular flexibility index (Phi) is 8.37. The highest BCUT2D eigenvalue weighted by Crippen LogP contribution is 2.36. The van der Waals surface area contributed by atoms with Gasteiger partial charge in [-0.05, 0) is 62.6 Å². The van der Waals surface area contributed by atoms with Gasteiger partial charge in [0.2, 0.25) is 5.91 Å². The van der Waals surface area contributed by atoms with E-state index in [2.05, 4.69) is 35.3 Å². The number of aromatic nitrogens is 2. The fourth-order valence-electron chi connectivity index (χ4n) is 5.15. The number of hydrogen-bond donors (Lipinski definition) is 0. The van der Waals surface area contributed by atoms with E-state index in [1.807, 2.05) is 67.0 Å². The van der Waals surface area contributed by atoms with Gasteiger partial charge >= 0.3 is 0 Å². The van der Waals surface area contributed by atoms with Gasteiger partial charge in [-0.1, -0.05) is 41.9 Å². The summed E-state index contributed by atoms with van der Waals surface area (Å²) in [6.45, 7) is 7.76. The Morgan fingerprint density at radius 2 is 1.97 bits per heavy atom. The maximum absolute atomic E-state index is 13.5. The first-order valence-corrected chi connectivity index (χ1v) is 13.0. The largest absolute Gasteiger partial charge is 0.493 e. The van der Waals surface area contributed by atoms with Crippen LogP contribution < -0.4 is 4.74 Å². The van der Waals surface area contributed by atoms with E-state index in [0.717, 1.165) is 60.1 Å². The van der Waals surface area contributed by atoms with Crippen LogP contribution in [0.5, 0.6) is 5.75 Å². The number of amides is 1. The molecule has 1 aliphatic heterocycles. The van der Waals surface area contributed by atoms with Gasteiger partial charge in [-0.25, -0.2) is 0 Å². The van der Waals surface area contributed by atoms with E-state index in [1.54, 1.807) is 0 Å². The molecular formula is C29H37ClN4O2. The first kappa shape index (κ1) is 26.2. The summed E-state index contributed by atoms with van der Waals surface area (Å²) in [6, 6.07) is 15.9. The van der Waals surface area contributed by atoms with Crippen molar-refractivity contribution in [1.29, 1.82) is 0 Å². The topological polar surface area (TPSA) is 50.6 Å². The number of nitrogens with zero attached hydrogens (tertiary/aromatic N) is 4. The van der Waals surface area contributed by atoms with Crippen LogP contribution in [0.1, 0.15) is 41.6 Å². The number of carbonyl (C=O) groups is 1. The number of halogens is 1. The Morgan fingerprint density at radius 3 is 2.67 bits per heavy atom. The van der Waals surface area contributed by atoms with Gasteiger partial charge in [0.15, 0.2) is 0 Å². The quantitative estimate of drug-likeness (QED) is 0.388. The molecule has 1 saturated heterocycles. The summed E-state index contributed by atoms with van der Waals surface area (Å²) in [7, 11) is 3.85. The molecule has 0 N–H and O–H groups in total. The summed E-state index contributed by atoms with van der Waals surface area (Å²) >= 11 is 6.22. The highest BCUT2D eigenvalue weighted by atomic mass is 35.5. The van der Waals surface area contributed by atoms with E-state index >= 15 is 0 Å².